The second-order valence-electron chi connectivity index (χ2n) is 11.2. The van der Waals surface area contributed by atoms with Crippen LogP contribution in [0.2, 0.25) is 0 Å². The number of carbonyl (C=O) groups excluding carboxylic acids is 1. The van der Waals surface area contributed by atoms with E-state index >= 15 is 0 Å². The minimum Gasteiger partial charge on any atom is -0.448 e. The van der Waals surface area contributed by atoms with Gasteiger partial charge >= 0.3 is 6.09 Å². The van der Waals surface area contributed by atoms with Gasteiger partial charge in [-0.2, -0.15) is 0 Å². The molecule has 5 nitrogen and oxygen atoms in total. The van der Waals surface area contributed by atoms with Gasteiger partial charge in [-0.3, -0.25) is 0 Å². The van der Waals surface area contributed by atoms with E-state index in [1.54, 1.807) is 0 Å². The number of ether oxygens (including phenoxy) is 2. The summed E-state index contributed by atoms with van der Waals surface area (Å²) in [6.07, 6.45) is 5.47. The lowest BCUT2D eigenvalue weighted by Crippen LogP contribution is -2.60. The number of rotatable bonds is 8. The lowest BCUT2D eigenvalue weighted by molar-refractivity contribution is -0.0915. The Bertz CT molecular complexity index is 1200. The third kappa shape index (κ3) is 5.10. The summed E-state index contributed by atoms with van der Waals surface area (Å²) in [5.41, 5.74) is 5.34. The summed E-state index contributed by atoms with van der Waals surface area (Å²) in [5, 5.41) is 11.5. The molecule has 198 valence electrons. The van der Waals surface area contributed by atoms with Crippen molar-refractivity contribution in [3.05, 3.63) is 95.6 Å². The molecular weight excluding hydrogens is 474 g/mol. The zero-order valence-electron chi connectivity index (χ0n) is 21.9. The van der Waals surface area contributed by atoms with E-state index in [-0.39, 0.29) is 24.1 Å². The molecule has 2 heterocycles. The van der Waals surface area contributed by atoms with E-state index in [1.165, 1.54) is 22.3 Å². The molecule has 1 aliphatic carbocycles. The fourth-order valence-electron chi connectivity index (χ4n) is 6.97. The van der Waals surface area contributed by atoms with Gasteiger partial charge < -0.3 is 19.5 Å². The lowest BCUT2D eigenvalue weighted by atomic mass is 9.74. The maximum Gasteiger partial charge on any atom is 0.410 e. The molecule has 1 N–H and O–H groups in total. The van der Waals surface area contributed by atoms with Crippen molar-refractivity contribution in [2.75, 3.05) is 13.2 Å². The molecule has 5 heteroatoms. The Morgan fingerprint density at radius 3 is 2.13 bits per heavy atom. The van der Waals surface area contributed by atoms with Crippen LogP contribution in [0.5, 0.6) is 0 Å². The maximum atomic E-state index is 13.4. The minimum atomic E-state index is -0.744. The van der Waals surface area contributed by atoms with E-state index in [9.17, 15) is 9.90 Å². The highest BCUT2D eigenvalue weighted by Crippen LogP contribution is 2.45. The molecule has 0 saturated carbocycles. The number of fused-ring (bicyclic) bond motifs is 5. The molecular formula is C33H37NO4. The summed E-state index contributed by atoms with van der Waals surface area (Å²) in [4.78, 5) is 15.4. The van der Waals surface area contributed by atoms with E-state index in [2.05, 4.69) is 60.7 Å². The number of aliphatic hydroxyl groups is 1. The number of hydrogen-bond acceptors (Lipinski definition) is 4. The van der Waals surface area contributed by atoms with Gasteiger partial charge in [0, 0.05) is 24.6 Å². The highest BCUT2D eigenvalue weighted by Gasteiger charge is 2.47. The van der Waals surface area contributed by atoms with Gasteiger partial charge in [-0.05, 0) is 72.8 Å². The van der Waals surface area contributed by atoms with Crippen LogP contribution in [-0.2, 0) is 16.1 Å². The summed E-state index contributed by atoms with van der Waals surface area (Å²) in [7, 11) is 0. The molecule has 0 aromatic heterocycles. The number of amides is 1. The van der Waals surface area contributed by atoms with Crippen molar-refractivity contribution in [1.29, 1.82) is 0 Å². The van der Waals surface area contributed by atoms with Crippen molar-refractivity contribution in [2.24, 2.45) is 0 Å². The second-order valence-corrected chi connectivity index (χ2v) is 11.2. The second kappa shape index (κ2) is 10.9. The molecule has 2 unspecified atom stereocenters. The number of nitrogens with zero attached hydrogens (tertiary/aromatic N) is 1. The molecule has 2 fully saturated rings. The van der Waals surface area contributed by atoms with Crippen molar-refractivity contribution in [2.45, 2.75) is 75.2 Å². The average Bonchev–Trinajstić information content (AvgIpc) is 3.25. The van der Waals surface area contributed by atoms with Crippen LogP contribution in [0.3, 0.4) is 0 Å². The molecule has 3 aliphatic rings. The van der Waals surface area contributed by atoms with E-state index in [0.717, 1.165) is 31.2 Å². The highest BCUT2D eigenvalue weighted by molar-refractivity contribution is 5.79. The SMILES string of the molecule is O=C(OCC1c2ccccc2-c2ccccc21)N1C2CCCC1CC(O)(CCCOCc1ccccc1)C2. The predicted molar refractivity (Wildman–Crippen MR) is 148 cm³/mol. The van der Waals surface area contributed by atoms with Crippen molar-refractivity contribution < 1.29 is 19.4 Å². The van der Waals surface area contributed by atoms with Gasteiger partial charge in [-0.1, -0.05) is 78.9 Å². The van der Waals surface area contributed by atoms with Gasteiger partial charge in [-0.15, -0.1) is 0 Å². The van der Waals surface area contributed by atoms with Gasteiger partial charge in [0.25, 0.3) is 0 Å². The van der Waals surface area contributed by atoms with Gasteiger partial charge in [0.05, 0.1) is 12.2 Å². The van der Waals surface area contributed by atoms with Crippen LogP contribution in [0.15, 0.2) is 78.9 Å². The molecule has 2 saturated heterocycles. The first-order valence-corrected chi connectivity index (χ1v) is 14.1. The third-order valence-corrected chi connectivity index (χ3v) is 8.68. The Kier molecular flexibility index (Phi) is 7.22. The smallest absolute Gasteiger partial charge is 0.410 e. The first-order valence-electron chi connectivity index (χ1n) is 14.1. The standard InChI is InChI=1S/C33H37NO4/c35-32(38-23-31-29-16-6-4-14-27(29)28-15-5-7-17-30(28)31)34-25-12-8-13-26(34)21-33(36,20-25)18-9-19-37-22-24-10-2-1-3-11-24/h1-7,10-11,14-17,25-26,31,36H,8-9,12-13,18-23H2. The molecule has 2 aliphatic heterocycles. The normalized spacial score (nSPS) is 24.1. The number of carbonyl (C=O) groups is 1. The van der Waals surface area contributed by atoms with E-state index in [0.29, 0.717) is 39.1 Å². The Morgan fingerprint density at radius 1 is 0.868 bits per heavy atom. The lowest BCUT2D eigenvalue weighted by Gasteiger charge is -2.51. The number of benzene rings is 3. The Labute approximate surface area is 225 Å². The Morgan fingerprint density at radius 2 is 1.47 bits per heavy atom. The quantitative estimate of drug-likeness (QED) is 0.343. The fraction of sp³-hybridized carbons (Fsp3) is 0.424. The van der Waals surface area contributed by atoms with E-state index < -0.39 is 5.60 Å². The van der Waals surface area contributed by atoms with Crippen LogP contribution in [-0.4, -0.2) is 47.0 Å². The Balaban J connectivity index is 1.05. The molecule has 3 aromatic rings. The van der Waals surface area contributed by atoms with Crippen LogP contribution in [0, 0.1) is 0 Å². The van der Waals surface area contributed by atoms with Crippen LogP contribution >= 0.6 is 0 Å². The third-order valence-electron chi connectivity index (χ3n) is 8.68. The van der Waals surface area contributed by atoms with Crippen molar-refractivity contribution in [1.82, 2.24) is 4.90 Å². The first-order chi connectivity index (χ1) is 18.6. The van der Waals surface area contributed by atoms with Crippen molar-refractivity contribution >= 4 is 6.09 Å². The Hall–Kier alpha value is -3.15. The number of piperidine rings is 2. The minimum absolute atomic E-state index is 0.0355. The maximum absolute atomic E-state index is 13.4. The van der Waals surface area contributed by atoms with E-state index in [1.807, 2.05) is 23.1 Å². The molecule has 2 bridgehead atoms. The van der Waals surface area contributed by atoms with Crippen LogP contribution in [0.1, 0.15) is 67.6 Å². The van der Waals surface area contributed by atoms with Gasteiger partial charge in [0.1, 0.15) is 6.61 Å². The average molecular weight is 512 g/mol. The van der Waals surface area contributed by atoms with Crippen molar-refractivity contribution in [3.8, 4) is 11.1 Å². The zero-order chi connectivity index (χ0) is 26.0. The molecule has 2 atom stereocenters. The molecule has 6 rings (SSSR count). The summed E-state index contributed by atoms with van der Waals surface area (Å²) in [6.45, 7) is 1.56. The molecule has 1 amide bonds. The van der Waals surface area contributed by atoms with Crippen molar-refractivity contribution in [3.63, 3.8) is 0 Å². The summed E-state index contributed by atoms with van der Waals surface area (Å²) < 4.78 is 11.9. The van der Waals surface area contributed by atoms with Gasteiger partial charge in [-0.25, -0.2) is 4.79 Å². The summed E-state index contributed by atoms with van der Waals surface area (Å²) in [5.74, 6) is 0.0591. The monoisotopic (exact) mass is 511 g/mol. The molecule has 0 radical (unpaired) electrons. The topological polar surface area (TPSA) is 59.0 Å². The highest BCUT2D eigenvalue weighted by atomic mass is 16.6. The van der Waals surface area contributed by atoms with Crippen LogP contribution in [0.25, 0.3) is 11.1 Å². The van der Waals surface area contributed by atoms with E-state index in [4.69, 9.17) is 9.47 Å². The molecule has 3 aromatic carbocycles. The van der Waals surface area contributed by atoms with Gasteiger partial charge in [0.15, 0.2) is 0 Å². The summed E-state index contributed by atoms with van der Waals surface area (Å²) >= 11 is 0. The number of hydrogen-bond donors (Lipinski definition) is 1. The molecule has 38 heavy (non-hydrogen) atoms. The van der Waals surface area contributed by atoms with Crippen LogP contribution < -0.4 is 0 Å². The fourth-order valence-corrected chi connectivity index (χ4v) is 6.97. The summed E-state index contributed by atoms with van der Waals surface area (Å²) in [6, 6.07) is 27.1. The largest absolute Gasteiger partial charge is 0.448 e. The first kappa shape index (κ1) is 25.1. The predicted octanol–water partition coefficient (Wildman–Crippen LogP) is 6.68. The molecule has 0 spiro atoms. The van der Waals surface area contributed by atoms with Gasteiger partial charge in [0.2, 0.25) is 0 Å². The zero-order valence-corrected chi connectivity index (χ0v) is 21.9. The van der Waals surface area contributed by atoms with Crippen LogP contribution in [0.4, 0.5) is 4.79 Å².